The van der Waals surface area contributed by atoms with E-state index < -0.39 is 0 Å². The van der Waals surface area contributed by atoms with Crippen LogP contribution in [0.2, 0.25) is 0 Å². The molecule has 0 saturated heterocycles. The van der Waals surface area contributed by atoms with Crippen molar-refractivity contribution in [1.29, 1.82) is 0 Å². The van der Waals surface area contributed by atoms with Crippen molar-refractivity contribution in [1.82, 2.24) is 0 Å². The van der Waals surface area contributed by atoms with Gasteiger partial charge in [-0.3, -0.25) is 0 Å². The summed E-state index contributed by atoms with van der Waals surface area (Å²) in [6.45, 7) is 12.8. The van der Waals surface area contributed by atoms with Gasteiger partial charge in [0.1, 0.15) is 0 Å². The van der Waals surface area contributed by atoms with Crippen LogP contribution >= 0.6 is 0 Å². The zero-order valence-corrected chi connectivity index (χ0v) is 13.8. The van der Waals surface area contributed by atoms with Gasteiger partial charge >= 0.3 is 0 Å². The van der Waals surface area contributed by atoms with E-state index in [2.05, 4.69) is 51.7 Å². The molecule has 0 heteroatoms. The first-order valence-electron chi connectivity index (χ1n) is 7.80. The molecule has 1 rings (SSSR count). The minimum absolute atomic E-state index is 1.02. The average molecular weight is 270 g/mol. The molecule has 20 heavy (non-hydrogen) atoms. The molecular formula is C20H30. The van der Waals surface area contributed by atoms with Crippen molar-refractivity contribution in [2.75, 3.05) is 0 Å². The highest BCUT2D eigenvalue weighted by atomic mass is 14.1. The first-order chi connectivity index (χ1) is 9.49. The van der Waals surface area contributed by atoms with E-state index in [4.69, 9.17) is 0 Å². The maximum atomic E-state index is 3.88. The third-order valence-electron chi connectivity index (χ3n) is 3.93. The Bertz CT molecular complexity index is 452. The van der Waals surface area contributed by atoms with Crippen LogP contribution in [0.3, 0.4) is 0 Å². The lowest BCUT2D eigenvalue weighted by Crippen LogP contribution is -1.96. The van der Waals surface area contributed by atoms with Gasteiger partial charge in [-0.15, -0.1) is 0 Å². The molecule has 0 atom stereocenters. The van der Waals surface area contributed by atoms with Gasteiger partial charge in [-0.25, -0.2) is 0 Å². The van der Waals surface area contributed by atoms with E-state index in [1.54, 1.807) is 16.7 Å². The Hall–Kier alpha value is -1.30. The zero-order chi connectivity index (χ0) is 15.0. The predicted octanol–water partition coefficient (Wildman–Crippen LogP) is 6.68. The predicted molar refractivity (Wildman–Crippen MR) is 91.9 cm³/mol. The quantitative estimate of drug-likeness (QED) is 0.386. The summed E-state index contributed by atoms with van der Waals surface area (Å²) in [4.78, 5) is 0. The molecule has 0 aliphatic heterocycles. The van der Waals surface area contributed by atoms with Gasteiger partial charge in [0.25, 0.3) is 0 Å². The summed E-state index contributed by atoms with van der Waals surface area (Å²) < 4.78 is 0. The van der Waals surface area contributed by atoms with E-state index in [0.29, 0.717) is 0 Å². The molecular weight excluding hydrogens is 240 g/mol. The van der Waals surface area contributed by atoms with E-state index in [1.807, 2.05) is 6.92 Å². The number of allylic oxidation sites excluding steroid dienone is 9. The minimum atomic E-state index is 1.02. The van der Waals surface area contributed by atoms with E-state index >= 15 is 0 Å². The summed E-state index contributed by atoms with van der Waals surface area (Å²) in [5.41, 5.74) is 7.44. The largest absolute Gasteiger partial charge is 0.0961 e. The molecule has 1 aliphatic carbocycles. The lowest BCUT2D eigenvalue weighted by Gasteiger charge is -2.16. The molecule has 0 nitrogen and oxygen atoms in total. The summed E-state index contributed by atoms with van der Waals surface area (Å²) in [6, 6.07) is 0. The van der Waals surface area contributed by atoms with E-state index in [1.165, 1.54) is 31.3 Å². The summed E-state index contributed by atoms with van der Waals surface area (Å²) in [5.74, 6) is 0. The Morgan fingerprint density at radius 3 is 2.65 bits per heavy atom. The third kappa shape index (κ3) is 6.75. The lowest BCUT2D eigenvalue weighted by molar-refractivity contribution is 0.803. The number of rotatable bonds is 5. The second kappa shape index (κ2) is 8.79. The van der Waals surface area contributed by atoms with Crippen molar-refractivity contribution in [2.24, 2.45) is 0 Å². The molecule has 0 radical (unpaired) electrons. The molecule has 0 amide bonds. The van der Waals surface area contributed by atoms with E-state index in [-0.39, 0.29) is 0 Å². The summed E-state index contributed by atoms with van der Waals surface area (Å²) in [6.07, 6.45) is 16.1. The molecule has 0 saturated carbocycles. The van der Waals surface area contributed by atoms with Crippen LogP contribution < -0.4 is 0 Å². The highest BCUT2D eigenvalue weighted by Crippen LogP contribution is 2.27. The normalized spacial score (nSPS) is 24.2. The van der Waals surface area contributed by atoms with Gasteiger partial charge in [0.05, 0.1) is 0 Å². The minimum Gasteiger partial charge on any atom is -0.0961 e. The summed E-state index contributed by atoms with van der Waals surface area (Å²) in [7, 11) is 0. The molecule has 1 aliphatic rings. The van der Waals surface area contributed by atoms with Crippen LogP contribution in [-0.2, 0) is 0 Å². The van der Waals surface area contributed by atoms with Crippen LogP contribution in [0, 0.1) is 0 Å². The summed E-state index contributed by atoms with van der Waals surface area (Å²) >= 11 is 0. The second-order valence-corrected chi connectivity index (χ2v) is 6.18. The number of hydrogen-bond donors (Lipinski definition) is 0. The van der Waals surface area contributed by atoms with Crippen molar-refractivity contribution in [3.63, 3.8) is 0 Å². The van der Waals surface area contributed by atoms with Crippen molar-refractivity contribution in [3.05, 3.63) is 58.7 Å². The van der Waals surface area contributed by atoms with Gasteiger partial charge in [-0.2, -0.15) is 0 Å². The van der Waals surface area contributed by atoms with Crippen LogP contribution in [0.4, 0.5) is 0 Å². The molecule has 110 valence electrons. The molecule has 0 fully saturated rings. The fourth-order valence-corrected chi connectivity index (χ4v) is 2.56. The molecule has 0 unspecified atom stereocenters. The van der Waals surface area contributed by atoms with Gasteiger partial charge in [0, 0.05) is 0 Å². The maximum absolute atomic E-state index is 3.88. The van der Waals surface area contributed by atoms with Crippen LogP contribution in [-0.4, -0.2) is 0 Å². The first-order valence-corrected chi connectivity index (χ1v) is 7.80. The molecule has 0 aromatic carbocycles. The third-order valence-corrected chi connectivity index (χ3v) is 3.93. The summed E-state index contributed by atoms with van der Waals surface area (Å²) in [5, 5.41) is 0. The molecule has 0 bridgehead atoms. The van der Waals surface area contributed by atoms with E-state index in [9.17, 15) is 0 Å². The Labute approximate surface area is 125 Å². The Morgan fingerprint density at radius 2 is 1.95 bits per heavy atom. The second-order valence-electron chi connectivity index (χ2n) is 6.18. The smallest absolute Gasteiger partial charge is 0.0108 e. The molecule has 0 N–H and O–H groups in total. The van der Waals surface area contributed by atoms with Gasteiger partial charge < -0.3 is 0 Å². The maximum Gasteiger partial charge on any atom is -0.0108 e. The first kappa shape index (κ1) is 16.8. The van der Waals surface area contributed by atoms with E-state index in [0.717, 1.165) is 18.4 Å². The SMILES string of the molecule is C=C(C)C=CCC=C(C)C/C1=C(\C)CC/C=C(/C)CC1. The van der Waals surface area contributed by atoms with Crippen molar-refractivity contribution >= 4 is 0 Å². The standard InChI is InChI=1S/C20H30/c1-16(2)9-6-7-10-18(4)15-20-14-13-17(3)11-8-12-19(20)5/h6,9-11H,1,7-8,12-15H2,2-5H3/b9-6?,17-11-,18-10?,20-19+. The zero-order valence-electron chi connectivity index (χ0n) is 13.8. The molecule has 0 aromatic rings. The molecule has 0 aromatic heterocycles. The van der Waals surface area contributed by atoms with Crippen molar-refractivity contribution < 1.29 is 0 Å². The average Bonchev–Trinajstić information content (AvgIpc) is 2.37. The highest BCUT2D eigenvalue weighted by Gasteiger charge is 2.07. The van der Waals surface area contributed by atoms with Crippen molar-refractivity contribution in [2.45, 2.75) is 66.2 Å². The van der Waals surface area contributed by atoms with Gasteiger partial charge in [0.2, 0.25) is 0 Å². The number of hydrogen-bond acceptors (Lipinski definition) is 0. The molecule has 0 spiro atoms. The van der Waals surface area contributed by atoms with Crippen molar-refractivity contribution in [3.8, 4) is 0 Å². The Morgan fingerprint density at radius 1 is 1.20 bits per heavy atom. The Kier molecular flexibility index (Phi) is 7.36. The fourth-order valence-electron chi connectivity index (χ4n) is 2.56. The van der Waals surface area contributed by atoms with Gasteiger partial charge in [0.15, 0.2) is 0 Å². The Balaban J connectivity index is 2.58. The fraction of sp³-hybridized carbons (Fsp3) is 0.500. The highest BCUT2D eigenvalue weighted by molar-refractivity contribution is 5.23. The van der Waals surface area contributed by atoms with Crippen LogP contribution in [0.15, 0.2) is 58.7 Å². The lowest BCUT2D eigenvalue weighted by atomic mass is 9.90. The van der Waals surface area contributed by atoms with Gasteiger partial charge in [-0.1, -0.05) is 58.7 Å². The molecule has 0 heterocycles. The van der Waals surface area contributed by atoms with Crippen LogP contribution in [0.25, 0.3) is 0 Å². The monoisotopic (exact) mass is 270 g/mol. The topological polar surface area (TPSA) is 0 Å². The van der Waals surface area contributed by atoms with Crippen LogP contribution in [0.1, 0.15) is 66.2 Å². The van der Waals surface area contributed by atoms with Crippen LogP contribution in [0.5, 0.6) is 0 Å². The van der Waals surface area contributed by atoms with Gasteiger partial charge in [-0.05, 0) is 66.2 Å².